The van der Waals surface area contributed by atoms with Crippen LogP contribution in [0.25, 0.3) is 0 Å². The van der Waals surface area contributed by atoms with Crippen molar-refractivity contribution in [1.29, 1.82) is 0 Å². The van der Waals surface area contributed by atoms with Gasteiger partial charge in [0, 0.05) is 10.2 Å². The Labute approximate surface area is 130 Å². The molecule has 21 heavy (non-hydrogen) atoms. The molecular weight excluding hydrogens is 322 g/mol. The highest BCUT2D eigenvalue weighted by atomic mass is 35.5. The molecule has 118 valence electrons. The van der Waals surface area contributed by atoms with Gasteiger partial charge >= 0.3 is 13.8 Å². The maximum absolute atomic E-state index is 12.4. The molecule has 0 aromatic heterocycles. The fourth-order valence-corrected chi connectivity index (χ4v) is 1.61. The largest absolute Gasteiger partial charge is 0.573 e. The van der Waals surface area contributed by atoms with Gasteiger partial charge in [-0.15, -0.1) is 22.4 Å². The van der Waals surface area contributed by atoms with Gasteiger partial charge in [-0.25, -0.2) is 0 Å². The van der Waals surface area contributed by atoms with E-state index >= 15 is 0 Å². The van der Waals surface area contributed by atoms with E-state index in [1.165, 1.54) is 18.2 Å². The molecule has 2 nitrogen and oxygen atoms in total. The predicted molar refractivity (Wildman–Crippen MR) is 83.9 cm³/mol. The lowest BCUT2D eigenvalue weighted by Gasteiger charge is -2.39. The van der Waals surface area contributed by atoms with Crippen LogP contribution in [0.4, 0.5) is 13.2 Å². The van der Waals surface area contributed by atoms with E-state index in [1.54, 1.807) is 0 Å². The molecule has 0 saturated heterocycles. The smallest absolute Gasteiger partial charge is 0.429 e. The second kappa shape index (κ2) is 6.35. The molecular formula is C13H18BClF3O2P. The average molecular weight is 341 g/mol. The molecule has 0 aliphatic carbocycles. The lowest BCUT2D eigenvalue weighted by atomic mass is 9.83. The quantitative estimate of drug-likeness (QED) is 0.601. The number of halogens is 4. The normalized spacial score (nSPS) is 13.2. The summed E-state index contributed by atoms with van der Waals surface area (Å²) >= 11 is 5.83. The zero-order valence-corrected chi connectivity index (χ0v) is 14.3. The summed E-state index contributed by atoms with van der Waals surface area (Å²) in [5, 5.41) is 0.0717. The van der Waals surface area contributed by atoms with E-state index in [0.717, 1.165) is 0 Å². The van der Waals surface area contributed by atoms with Gasteiger partial charge in [-0.2, -0.15) is 0 Å². The van der Waals surface area contributed by atoms with Gasteiger partial charge in [0.15, 0.2) is 0 Å². The van der Waals surface area contributed by atoms with Crippen LogP contribution in [0.3, 0.4) is 0 Å². The van der Waals surface area contributed by atoms with Crippen LogP contribution in [0.15, 0.2) is 18.2 Å². The second-order valence-electron chi connectivity index (χ2n) is 5.82. The molecule has 0 amide bonds. The molecule has 1 unspecified atom stereocenters. The molecule has 0 aliphatic heterocycles. The van der Waals surface area contributed by atoms with Gasteiger partial charge < -0.3 is 9.39 Å². The number of hydrogen-bond acceptors (Lipinski definition) is 2. The van der Waals surface area contributed by atoms with Crippen molar-refractivity contribution in [3.8, 4) is 5.75 Å². The minimum atomic E-state index is -4.75. The van der Waals surface area contributed by atoms with Crippen LogP contribution in [-0.2, 0) is 4.65 Å². The van der Waals surface area contributed by atoms with Gasteiger partial charge in [0.2, 0.25) is 0 Å². The molecule has 0 aliphatic rings. The Balaban J connectivity index is 2.95. The van der Waals surface area contributed by atoms with Crippen molar-refractivity contribution in [3.63, 3.8) is 0 Å². The van der Waals surface area contributed by atoms with Gasteiger partial charge in [0.05, 0.1) is 5.60 Å². The summed E-state index contributed by atoms with van der Waals surface area (Å²) in [6, 6.07) is 3.94. The average Bonchev–Trinajstić information content (AvgIpc) is 2.26. The highest BCUT2D eigenvalue weighted by molar-refractivity contribution is 7.19. The number of benzene rings is 1. The van der Waals surface area contributed by atoms with Crippen LogP contribution in [0.1, 0.15) is 27.7 Å². The molecule has 1 rings (SSSR count). The summed E-state index contributed by atoms with van der Waals surface area (Å²) in [6.07, 6.45) is -4.75. The highest BCUT2D eigenvalue weighted by Crippen LogP contribution is 2.33. The fraction of sp³-hybridized carbons (Fsp3) is 0.538. The van der Waals surface area contributed by atoms with E-state index in [9.17, 15) is 13.2 Å². The van der Waals surface area contributed by atoms with Crippen LogP contribution in [0.2, 0.25) is 5.02 Å². The lowest BCUT2D eigenvalue weighted by molar-refractivity contribution is -0.274. The van der Waals surface area contributed by atoms with E-state index in [-0.39, 0.29) is 23.9 Å². The molecule has 0 bridgehead atoms. The van der Waals surface area contributed by atoms with E-state index in [2.05, 4.69) is 14.0 Å². The van der Waals surface area contributed by atoms with Crippen LogP contribution in [0, 0.1) is 0 Å². The number of rotatable bonds is 5. The van der Waals surface area contributed by atoms with Crippen molar-refractivity contribution >= 4 is 33.8 Å². The standard InChI is InChI=1S/C13H18BClF3O2P/c1-11(2,12(3,4)21)20-14-9-7-8(15)5-6-10(9)19-13(16,17)18/h5-7,14H,21H2,1-4H3. The van der Waals surface area contributed by atoms with Gasteiger partial charge in [-0.1, -0.05) is 25.4 Å². The first-order valence-electron chi connectivity index (χ1n) is 6.29. The van der Waals surface area contributed by atoms with Gasteiger partial charge in [-0.05, 0) is 37.5 Å². The van der Waals surface area contributed by atoms with E-state index in [1.807, 2.05) is 27.7 Å². The van der Waals surface area contributed by atoms with Crippen molar-refractivity contribution in [1.82, 2.24) is 0 Å². The summed E-state index contributed by atoms with van der Waals surface area (Å²) < 4.78 is 46.9. The topological polar surface area (TPSA) is 18.5 Å². The van der Waals surface area contributed by atoms with Crippen molar-refractivity contribution in [2.45, 2.75) is 44.8 Å². The minimum absolute atomic E-state index is 0.0309. The maximum atomic E-state index is 12.4. The molecule has 1 atom stereocenters. The van der Waals surface area contributed by atoms with E-state index in [4.69, 9.17) is 16.3 Å². The first-order chi connectivity index (χ1) is 9.32. The Morgan fingerprint density at radius 2 is 1.71 bits per heavy atom. The van der Waals surface area contributed by atoms with Crippen molar-refractivity contribution in [2.75, 3.05) is 0 Å². The van der Waals surface area contributed by atoms with Crippen molar-refractivity contribution < 1.29 is 22.6 Å². The molecule has 0 heterocycles. The maximum Gasteiger partial charge on any atom is 0.573 e. The summed E-state index contributed by atoms with van der Waals surface area (Å²) in [4.78, 5) is 0. The summed E-state index contributed by atoms with van der Waals surface area (Å²) in [5.41, 5.74) is -0.308. The van der Waals surface area contributed by atoms with Crippen LogP contribution < -0.4 is 10.2 Å². The fourth-order valence-electron chi connectivity index (χ4n) is 1.33. The molecule has 0 spiro atoms. The third-order valence-electron chi connectivity index (χ3n) is 3.39. The molecule has 0 N–H and O–H groups in total. The van der Waals surface area contributed by atoms with E-state index in [0.29, 0.717) is 5.02 Å². The molecule has 0 radical (unpaired) electrons. The Kier molecular flexibility index (Phi) is 5.63. The zero-order chi connectivity index (χ0) is 16.5. The SMILES string of the molecule is CC(C)(P)C(C)(C)OBc1cc(Cl)ccc1OC(F)(F)F. The van der Waals surface area contributed by atoms with Gasteiger partial charge in [-0.3, -0.25) is 0 Å². The molecule has 8 heteroatoms. The summed E-state index contributed by atoms with van der Waals surface area (Å²) in [5.74, 6) is -0.302. The monoisotopic (exact) mass is 340 g/mol. The minimum Gasteiger partial charge on any atom is -0.429 e. The zero-order valence-electron chi connectivity index (χ0n) is 12.3. The second-order valence-corrected chi connectivity index (χ2v) is 7.70. The highest BCUT2D eigenvalue weighted by Gasteiger charge is 2.35. The number of hydrogen-bond donors (Lipinski definition) is 0. The Hall–Kier alpha value is -0.445. The van der Waals surface area contributed by atoms with Gasteiger partial charge in [0.1, 0.15) is 5.75 Å². The molecule has 0 saturated carbocycles. The first-order valence-corrected chi connectivity index (χ1v) is 7.24. The Bertz CT molecular complexity index is 501. The Morgan fingerprint density at radius 1 is 1.14 bits per heavy atom. The third-order valence-corrected chi connectivity index (χ3v) is 4.32. The Morgan fingerprint density at radius 3 is 2.19 bits per heavy atom. The molecule has 0 fully saturated rings. The first kappa shape index (κ1) is 18.6. The van der Waals surface area contributed by atoms with Crippen molar-refractivity contribution in [3.05, 3.63) is 23.2 Å². The number of alkyl halides is 3. The predicted octanol–water partition coefficient (Wildman–Crippen LogP) is 3.66. The number of ether oxygens (including phenoxy) is 1. The molecule has 1 aromatic rings. The molecule has 1 aromatic carbocycles. The van der Waals surface area contributed by atoms with E-state index < -0.39 is 12.0 Å². The lowest BCUT2D eigenvalue weighted by Crippen LogP contribution is -2.45. The van der Waals surface area contributed by atoms with Crippen molar-refractivity contribution in [2.24, 2.45) is 0 Å². The van der Waals surface area contributed by atoms with Crippen LogP contribution in [0.5, 0.6) is 5.75 Å². The summed E-state index contributed by atoms with van der Waals surface area (Å²) in [7, 11) is 2.63. The van der Waals surface area contributed by atoms with Gasteiger partial charge in [0.25, 0.3) is 0 Å². The van der Waals surface area contributed by atoms with Crippen LogP contribution in [-0.4, -0.2) is 24.6 Å². The summed E-state index contributed by atoms with van der Waals surface area (Å²) in [6.45, 7) is 7.66. The third kappa shape index (κ3) is 5.69. The van der Waals surface area contributed by atoms with Crippen LogP contribution >= 0.6 is 20.8 Å².